The lowest BCUT2D eigenvalue weighted by Gasteiger charge is -2.41. The molecule has 0 amide bonds. The molecule has 3 aliphatic rings. The molecule has 1 fully saturated rings. The number of aromatic nitrogens is 2. The lowest BCUT2D eigenvalue weighted by Crippen LogP contribution is -2.48. The molecule has 6 nitrogen and oxygen atoms in total. The van der Waals surface area contributed by atoms with Crippen molar-refractivity contribution in [1.82, 2.24) is 9.97 Å². The Morgan fingerprint density at radius 1 is 1.26 bits per heavy atom. The minimum Gasteiger partial charge on any atom is -0.394 e. The first-order valence-electron chi connectivity index (χ1n) is 9.27. The summed E-state index contributed by atoms with van der Waals surface area (Å²) >= 11 is 0. The molecule has 1 saturated carbocycles. The molecule has 0 saturated heterocycles. The van der Waals surface area contributed by atoms with Crippen molar-refractivity contribution < 1.29 is 13.7 Å². The number of hydrogen-bond acceptors (Lipinski definition) is 6. The molecule has 1 aliphatic carbocycles. The van der Waals surface area contributed by atoms with Crippen LogP contribution in [0.15, 0.2) is 23.1 Å². The van der Waals surface area contributed by atoms with E-state index in [0.717, 1.165) is 36.1 Å². The van der Waals surface area contributed by atoms with E-state index >= 15 is 0 Å². The first kappa shape index (κ1) is 17.1. The molecule has 0 spiro atoms. The fourth-order valence-electron chi connectivity index (χ4n) is 4.09. The Bertz CT molecular complexity index is 942. The highest BCUT2D eigenvalue weighted by molar-refractivity contribution is 7.85. The van der Waals surface area contributed by atoms with Gasteiger partial charge in [0.15, 0.2) is 0 Å². The number of aliphatic hydroxyl groups is 1. The summed E-state index contributed by atoms with van der Waals surface area (Å²) in [6, 6.07) is 4.84. The van der Waals surface area contributed by atoms with Gasteiger partial charge >= 0.3 is 0 Å². The molecule has 27 heavy (non-hydrogen) atoms. The first-order chi connectivity index (χ1) is 13.1. The maximum absolute atomic E-state index is 13.5. The summed E-state index contributed by atoms with van der Waals surface area (Å²) in [7, 11) is -1.11. The number of rotatable bonds is 4. The van der Waals surface area contributed by atoms with Crippen LogP contribution in [0.1, 0.15) is 36.1 Å². The van der Waals surface area contributed by atoms with E-state index in [2.05, 4.69) is 10.3 Å². The molecule has 2 aromatic rings. The average Bonchev–Trinajstić information content (AvgIpc) is 3.21. The Hall–Kier alpha value is -2.06. The Balaban J connectivity index is 1.51. The van der Waals surface area contributed by atoms with Gasteiger partial charge in [-0.25, -0.2) is 9.37 Å². The van der Waals surface area contributed by atoms with Gasteiger partial charge in [-0.2, -0.15) is 4.98 Å². The topological polar surface area (TPSA) is 78.4 Å². The van der Waals surface area contributed by atoms with Crippen LogP contribution >= 0.6 is 0 Å². The second-order valence-electron chi connectivity index (χ2n) is 7.63. The number of anilines is 2. The van der Waals surface area contributed by atoms with E-state index in [1.165, 1.54) is 6.07 Å². The molecule has 1 aromatic heterocycles. The van der Waals surface area contributed by atoms with Crippen molar-refractivity contribution in [3.63, 3.8) is 0 Å². The van der Waals surface area contributed by atoms with Gasteiger partial charge < -0.3 is 15.3 Å². The van der Waals surface area contributed by atoms with Crippen molar-refractivity contribution in [2.75, 3.05) is 22.6 Å². The standard InChI is InChI=1S/C19H21FN4O2S/c20-14-3-2-12-9-24(10-13(12)8-14)18-21-15-4-7-27(26)16(15)17(22-18)23-19(11-25)5-1-6-19/h2-3,8,25H,1,4-7,9-11H2,(H,21,22,23). The molecule has 1 aromatic carbocycles. The van der Waals surface area contributed by atoms with Crippen LogP contribution in [-0.4, -0.2) is 37.2 Å². The number of benzene rings is 1. The third-order valence-electron chi connectivity index (χ3n) is 5.85. The normalized spacial score (nSPS) is 22.3. The summed E-state index contributed by atoms with van der Waals surface area (Å²) in [5.74, 6) is 1.47. The van der Waals surface area contributed by atoms with Gasteiger partial charge in [-0.3, -0.25) is 4.21 Å². The molecule has 142 valence electrons. The number of nitrogens with zero attached hydrogens (tertiary/aromatic N) is 3. The molecule has 5 rings (SSSR count). The summed E-state index contributed by atoms with van der Waals surface area (Å²) < 4.78 is 26.0. The molecule has 0 radical (unpaired) electrons. The van der Waals surface area contributed by atoms with Crippen molar-refractivity contribution in [2.24, 2.45) is 0 Å². The number of aryl methyl sites for hydroxylation is 1. The third-order valence-corrected chi connectivity index (χ3v) is 7.31. The number of hydrogen-bond donors (Lipinski definition) is 2. The molecule has 3 heterocycles. The first-order valence-corrected chi connectivity index (χ1v) is 10.6. The zero-order valence-electron chi connectivity index (χ0n) is 14.9. The largest absolute Gasteiger partial charge is 0.394 e. The SMILES string of the molecule is O=S1CCc2nc(N3Cc4ccc(F)cc4C3)nc(NC3(CO)CCC3)c21. The molecule has 2 N–H and O–H groups in total. The van der Waals surface area contributed by atoms with Gasteiger partial charge in [0.2, 0.25) is 5.95 Å². The van der Waals surface area contributed by atoms with Crippen LogP contribution in [0.25, 0.3) is 0 Å². The fourth-order valence-corrected chi connectivity index (χ4v) is 5.40. The van der Waals surface area contributed by atoms with E-state index in [4.69, 9.17) is 4.98 Å². The lowest BCUT2D eigenvalue weighted by atomic mass is 9.77. The van der Waals surface area contributed by atoms with E-state index in [1.807, 2.05) is 4.90 Å². The zero-order chi connectivity index (χ0) is 18.6. The van der Waals surface area contributed by atoms with Crippen molar-refractivity contribution in [1.29, 1.82) is 0 Å². The second kappa shape index (κ2) is 6.24. The van der Waals surface area contributed by atoms with Crippen molar-refractivity contribution in [3.05, 3.63) is 40.8 Å². The lowest BCUT2D eigenvalue weighted by molar-refractivity contribution is 0.143. The van der Waals surface area contributed by atoms with Crippen molar-refractivity contribution in [3.8, 4) is 0 Å². The van der Waals surface area contributed by atoms with E-state index in [0.29, 0.717) is 41.9 Å². The Morgan fingerprint density at radius 2 is 2.07 bits per heavy atom. The zero-order valence-corrected chi connectivity index (χ0v) is 15.7. The van der Waals surface area contributed by atoms with Crippen LogP contribution in [0, 0.1) is 5.82 Å². The Labute approximate surface area is 159 Å². The third kappa shape index (κ3) is 2.82. The van der Waals surface area contributed by atoms with Crippen LogP contribution in [0.5, 0.6) is 0 Å². The molecular weight excluding hydrogens is 367 g/mol. The highest BCUT2D eigenvalue weighted by atomic mass is 32.2. The average molecular weight is 388 g/mol. The number of aliphatic hydroxyl groups excluding tert-OH is 1. The maximum atomic E-state index is 13.5. The van der Waals surface area contributed by atoms with Gasteiger partial charge in [0.1, 0.15) is 16.5 Å². The highest BCUT2D eigenvalue weighted by Crippen LogP contribution is 2.39. The van der Waals surface area contributed by atoms with E-state index in [9.17, 15) is 13.7 Å². The Kier molecular flexibility index (Phi) is 3.94. The minimum atomic E-state index is -1.11. The van der Waals surface area contributed by atoms with Crippen LogP contribution in [0.4, 0.5) is 16.2 Å². The van der Waals surface area contributed by atoms with Gasteiger partial charge in [-0.15, -0.1) is 0 Å². The van der Waals surface area contributed by atoms with Crippen molar-refractivity contribution in [2.45, 2.75) is 49.2 Å². The van der Waals surface area contributed by atoms with E-state index < -0.39 is 10.8 Å². The number of halogens is 1. The van der Waals surface area contributed by atoms with Crippen LogP contribution < -0.4 is 10.2 Å². The molecular formula is C19H21FN4O2S. The predicted octanol–water partition coefficient (Wildman–Crippen LogP) is 2.13. The molecule has 0 bridgehead atoms. The summed E-state index contributed by atoms with van der Waals surface area (Å²) in [4.78, 5) is 12.1. The van der Waals surface area contributed by atoms with Gasteiger partial charge in [0, 0.05) is 25.3 Å². The van der Waals surface area contributed by atoms with Gasteiger partial charge in [-0.1, -0.05) is 6.07 Å². The quantitative estimate of drug-likeness (QED) is 0.836. The maximum Gasteiger partial charge on any atom is 0.228 e. The minimum absolute atomic E-state index is 0.0299. The molecule has 2 aliphatic heterocycles. The predicted molar refractivity (Wildman–Crippen MR) is 101 cm³/mol. The highest BCUT2D eigenvalue weighted by Gasteiger charge is 2.39. The van der Waals surface area contributed by atoms with Crippen LogP contribution in [-0.2, 0) is 30.3 Å². The number of nitrogens with one attached hydrogen (secondary N) is 1. The van der Waals surface area contributed by atoms with Crippen molar-refractivity contribution >= 4 is 22.6 Å². The smallest absolute Gasteiger partial charge is 0.228 e. The summed E-state index contributed by atoms with van der Waals surface area (Å²) in [6.45, 7) is 1.21. The molecule has 8 heteroatoms. The summed E-state index contributed by atoms with van der Waals surface area (Å²) in [6.07, 6.45) is 3.47. The van der Waals surface area contributed by atoms with E-state index in [1.54, 1.807) is 12.1 Å². The van der Waals surface area contributed by atoms with Gasteiger partial charge in [-0.05, 0) is 42.5 Å². The molecule has 1 atom stereocenters. The molecule has 1 unspecified atom stereocenters. The van der Waals surface area contributed by atoms with Gasteiger partial charge in [0.05, 0.1) is 28.6 Å². The monoisotopic (exact) mass is 388 g/mol. The fraction of sp³-hybridized carbons (Fsp3) is 0.474. The van der Waals surface area contributed by atoms with Gasteiger partial charge in [0.25, 0.3) is 0 Å². The van der Waals surface area contributed by atoms with Crippen LogP contribution in [0.2, 0.25) is 0 Å². The summed E-state index contributed by atoms with van der Waals surface area (Å²) in [5.41, 5.74) is 2.46. The summed E-state index contributed by atoms with van der Waals surface area (Å²) in [5, 5.41) is 13.2. The second-order valence-corrected chi connectivity index (χ2v) is 9.14. The van der Waals surface area contributed by atoms with Crippen LogP contribution in [0.3, 0.4) is 0 Å². The number of fused-ring (bicyclic) bond motifs is 2. The van der Waals surface area contributed by atoms with E-state index in [-0.39, 0.29) is 18.0 Å². The Morgan fingerprint density at radius 3 is 2.81 bits per heavy atom.